The van der Waals surface area contributed by atoms with Gasteiger partial charge in [0.1, 0.15) is 5.58 Å². The molecule has 0 saturated carbocycles. The molecule has 0 radical (unpaired) electrons. The summed E-state index contributed by atoms with van der Waals surface area (Å²) in [5.41, 5.74) is 1.96. The molecule has 3 rings (SSSR count). The summed E-state index contributed by atoms with van der Waals surface area (Å²) >= 11 is 0. The first kappa shape index (κ1) is 16.0. The van der Waals surface area contributed by atoms with Gasteiger partial charge in [0.15, 0.2) is 5.76 Å². The van der Waals surface area contributed by atoms with Crippen molar-refractivity contribution < 1.29 is 18.7 Å². The largest absolute Gasteiger partial charge is 0.469 e. The van der Waals surface area contributed by atoms with E-state index in [1.54, 1.807) is 12.1 Å². The molecule has 0 bridgehead atoms. The molecule has 0 N–H and O–H groups in total. The lowest BCUT2D eigenvalue weighted by Crippen LogP contribution is -2.10. The van der Waals surface area contributed by atoms with Crippen LogP contribution in [0.5, 0.6) is 0 Å². The number of hydrogen-bond donors (Lipinski definition) is 0. The van der Waals surface area contributed by atoms with Crippen molar-refractivity contribution in [3.8, 4) is 0 Å². The lowest BCUT2D eigenvalue weighted by Gasteiger charge is -2.11. The van der Waals surface area contributed by atoms with Gasteiger partial charge < -0.3 is 9.15 Å². The van der Waals surface area contributed by atoms with Crippen LogP contribution in [0, 0.1) is 0 Å². The molecule has 4 heteroatoms. The molecule has 24 heavy (non-hydrogen) atoms. The average molecular weight is 322 g/mol. The number of benzene rings is 2. The van der Waals surface area contributed by atoms with Gasteiger partial charge in [-0.1, -0.05) is 55.5 Å². The van der Waals surface area contributed by atoms with Gasteiger partial charge in [-0.05, 0) is 12.0 Å². The summed E-state index contributed by atoms with van der Waals surface area (Å²) in [7, 11) is 1.36. The Morgan fingerprint density at radius 1 is 1.04 bits per heavy atom. The molecule has 0 spiro atoms. The number of hydrogen-bond acceptors (Lipinski definition) is 4. The predicted octanol–water partition coefficient (Wildman–Crippen LogP) is 4.33. The first-order valence-corrected chi connectivity index (χ1v) is 7.79. The van der Waals surface area contributed by atoms with E-state index in [1.807, 2.05) is 49.4 Å². The molecule has 0 aliphatic rings. The summed E-state index contributed by atoms with van der Waals surface area (Å²) in [5, 5.41) is 0.855. The van der Waals surface area contributed by atoms with E-state index in [0.717, 1.165) is 10.9 Å². The van der Waals surface area contributed by atoms with Crippen molar-refractivity contribution in [2.75, 3.05) is 7.11 Å². The molecule has 1 unspecified atom stereocenters. The lowest BCUT2D eigenvalue weighted by atomic mass is 9.92. The third kappa shape index (κ3) is 2.95. The Labute approximate surface area is 140 Å². The summed E-state index contributed by atoms with van der Waals surface area (Å²) < 4.78 is 10.6. The Bertz CT molecular complexity index is 877. The highest BCUT2D eigenvalue weighted by atomic mass is 16.5. The van der Waals surface area contributed by atoms with E-state index in [0.29, 0.717) is 16.9 Å². The van der Waals surface area contributed by atoms with E-state index in [2.05, 4.69) is 0 Å². The van der Waals surface area contributed by atoms with E-state index >= 15 is 0 Å². The van der Waals surface area contributed by atoms with Crippen molar-refractivity contribution in [3.63, 3.8) is 0 Å². The third-order valence-corrected chi connectivity index (χ3v) is 4.07. The highest BCUT2D eigenvalue weighted by Gasteiger charge is 2.26. The van der Waals surface area contributed by atoms with Crippen molar-refractivity contribution in [3.05, 3.63) is 71.5 Å². The van der Waals surface area contributed by atoms with Crippen LogP contribution in [0.15, 0.2) is 59.0 Å². The number of furan rings is 1. The topological polar surface area (TPSA) is 56.5 Å². The van der Waals surface area contributed by atoms with Crippen LogP contribution in [-0.2, 0) is 9.53 Å². The summed E-state index contributed by atoms with van der Waals surface area (Å²) in [6, 6.07) is 16.5. The number of fused-ring (bicyclic) bond motifs is 1. The Kier molecular flexibility index (Phi) is 4.47. The average Bonchev–Trinajstić information content (AvgIpc) is 3.01. The zero-order valence-corrected chi connectivity index (χ0v) is 13.6. The van der Waals surface area contributed by atoms with Gasteiger partial charge in [0.2, 0.25) is 5.78 Å². The van der Waals surface area contributed by atoms with Crippen LogP contribution < -0.4 is 0 Å². The second kappa shape index (κ2) is 6.71. The number of carbonyl (C=O) groups excluding carboxylic acids is 2. The summed E-state index contributed by atoms with van der Waals surface area (Å²) in [6.45, 7) is 1.90. The molecule has 0 aliphatic carbocycles. The van der Waals surface area contributed by atoms with Crippen LogP contribution in [0.3, 0.4) is 0 Å². The summed E-state index contributed by atoms with van der Waals surface area (Å²) in [4.78, 5) is 24.6. The van der Waals surface area contributed by atoms with Crippen molar-refractivity contribution in [1.82, 2.24) is 0 Å². The molecule has 0 amide bonds. The quantitative estimate of drug-likeness (QED) is 0.518. The standard InChI is InChI=1S/C20H18O4/c1-13(12-17(21)23-2)18-15-10-6-7-11-16(15)24-20(18)19(22)14-8-4-3-5-9-14/h3-11,13H,12H2,1-2H3. The zero-order valence-electron chi connectivity index (χ0n) is 13.6. The number of rotatable bonds is 5. The normalized spacial score (nSPS) is 12.1. The van der Waals surface area contributed by atoms with E-state index in [4.69, 9.17) is 9.15 Å². The van der Waals surface area contributed by atoms with Crippen molar-refractivity contribution >= 4 is 22.7 Å². The van der Waals surface area contributed by atoms with E-state index in [1.165, 1.54) is 7.11 Å². The Morgan fingerprint density at radius 3 is 2.42 bits per heavy atom. The molecule has 4 nitrogen and oxygen atoms in total. The predicted molar refractivity (Wildman–Crippen MR) is 91.1 cm³/mol. The molecule has 1 atom stereocenters. The van der Waals surface area contributed by atoms with Crippen LogP contribution in [0.1, 0.15) is 40.9 Å². The summed E-state index contributed by atoms with van der Waals surface area (Å²) in [6.07, 6.45) is 0.190. The second-order valence-electron chi connectivity index (χ2n) is 5.72. The lowest BCUT2D eigenvalue weighted by molar-refractivity contribution is -0.140. The second-order valence-corrected chi connectivity index (χ2v) is 5.72. The number of carbonyl (C=O) groups is 2. The smallest absolute Gasteiger partial charge is 0.306 e. The molecule has 1 aromatic heterocycles. The van der Waals surface area contributed by atoms with Gasteiger partial charge in [0.25, 0.3) is 0 Å². The highest BCUT2D eigenvalue weighted by molar-refractivity contribution is 6.10. The fourth-order valence-electron chi connectivity index (χ4n) is 2.88. The molecule has 122 valence electrons. The number of methoxy groups -OCH3 is 1. The molecule has 0 saturated heterocycles. The fraction of sp³-hybridized carbons (Fsp3) is 0.200. The first-order valence-electron chi connectivity index (χ1n) is 7.79. The van der Waals surface area contributed by atoms with Gasteiger partial charge in [-0.15, -0.1) is 0 Å². The maximum absolute atomic E-state index is 12.9. The van der Waals surface area contributed by atoms with Crippen LogP contribution in [0.2, 0.25) is 0 Å². The number of esters is 1. The molecule has 0 fully saturated rings. The van der Waals surface area contributed by atoms with Gasteiger partial charge in [-0.25, -0.2) is 0 Å². The Hall–Kier alpha value is -2.88. The van der Waals surface area contributed by atoms with Gasteiger partial charge in [-0.2, -0.15) is 0 Å². The SMILES string of the molecule is COC(=O)CC(C)c1c(C(=O)c2ccccc2)oc2ccccc12. The van der Waals surface area contributed by atoms with Crippen molar-refractivity contribution in [1.29, 1.82) is 0 Å². The molecule has 2 aromatic carbocycles. The fourth-order valence-corrected chi connectivity index (χ4v) is 2.88. The van der Waals surface area contributed by atoms with E-state index < -0.39 is 0 Å². The number of para-hydroxylation sites is 1. The van der Waals surface area contributed by atoms with Crippen LogP contribution in [-0.4, -0.2) is 18.9 Å². The van der Waals surface area contributed by atoms with Gasteiger partial charge in [0.05, 0.1) is 13.5 Å². The Morgan fingerprint density at radius 2 is 1.71 bits per heavy atom. The minimum Gasteiger partial charge on any atom is -0.469 e. The van der Waals surface area contributed by atoms with Crippen LogP contribution in [0.25, 0.3) is 11.0 Å². The number of ketones is 1. The minimum absolute atomic E-state index is 0.182. The highest BCUT2D eigenvalue weighted by Crippen LogP contribution is 2.35. The first-order chi connectivity index (χ1) is 11.6. The molecular weight excluding hydrogens is 304 g/mol. The molecule has 3 aromatic rings. The van der Waals surface area contributed by atoms with Gasteiger partial charge >= 0.3 is 5.97 Å². The monoisotopic (exact) mass is 322 g/mol. The van der Waals surface area contributed by atoms with E-state index in [9.17, 15) is 9.59 Å². The van der Waals surface area contributed by atoms with Gasteiger partial charge in [0, 0.05) is 16.5 Å². The minimum atomic E-state index is -0.314. The zero-order chi connectivity index (χ0) is 17.1. The van der Waals surface area contributed by atoms with Crippen molar-refractivity contribution in [2.45, 2.75) is 19.3 Å². The summed E-state index contributed by atoms with van der Waals surface area (Å²) in [5.74, 6) is -0.396. The molecule has 0 aliphatic heterocycles. The van der Waals surface area contributed by atoms with E-state index in [-0.39, 0.29) is 24.1 Å². The number of ether oxygens (including phenoxy) is 1. The molecular formula is C20H18O4. The van der Waals surface area contributed by atoms with Crippen molar-refractivity contribution in [2.24, 2.45) is 0 Å². The van der Waals surface area contributed by atoms with Gasteiger partial charge in [-0.3, -0.25) is 9.59 Å². The Balaban J connectivity index is 2.11. The maximum Gasteiger partial charge on any atom is 0.306 e. The maximum atomic E-state index is 12.9. The van der Waals surface area contributed by atoms with Crippen LogP contribution in [0.4, 0.5) is 0 Å². The van der Waals surface area contributed by atoms with Crippen LogP contribution >= 0.6 is 0 Å². The third-order valence-electron chi connectivity index (χ3n) is 4.07. The molecule has 1 heterocycles.